The molecule has 0 bridgehead atoms. The van der Waals surface area contributed by atoms with Crippen LogP contribution in [0.15, 0.2) is 151 Å². The highest BCUT2D eigenvalue weighted by Crippen LogP contribution is 2.34. The van der Waals surface area contributed by atoms with E-state index in [1.165, 1.54) is 12.1 Å². The van der Waals surface area contributed by atoms with E-state index in [1.54, 1.807) is 24.3 Å². The van der Waals surface area contributed by atoms with Crippen LogP contribution in [0.1, 0.15) is 20.6 Å². The fraction of sp³-hybridized carbons (Fsp3) is 0. The Morgan fingerprint density at radius 2 is 0.875 bits per heavy atom. The molecule has 0 unspecified atom stereocenters. The van der Waals surface area contributed by atoms with E-state index < -0.39 is 121 Å². The summed E-state index contributed by atoms with van der Waals surface area (Å²) >= 11 is 0. The summed E-state index contributed by atoms with van der Waals surface area (Å²) < 4.78 is 147. The van der Waals surface area contributed by atoms with Gasteiger partial charge in [-0.1, -0.05) is 127 Å². The Labute approximate surface area is 256 Å². The van der Waals surface area contributed by atoms with E-state index in [0.717, 1.165) is 10.9 Å². The number of benzene rings is 6. The van der Waals surface area contributed by atoms with Gasteiger partial charge in [0.05, 0.1) is 20.6 Å². The van der Waals surface area contributed by atoms with Crippen molar-refractivity contribution in [1.29, 1.82) is 0 Å². The summed E-state index contributed by atoms with van der Waals surface area (Å²) in [6, 6.07) is 4.87. The molecule has 6 aromatic carbocycles. The maximum Gasteiger partial charge on any atom is 0.260 e. The van der Waals surface area contributed by atoms with Crippen LogP contribution in [-0.2, 0) is 0 Å². The van der Waals surface area contributed by atoms with Crippen LogP contribution in [0.4, 0.5) is 0 Å². The molecular weight excluding hydrogens is 503 g/mol. The zero-order valence-electron chi connectivity index (χ0n) is 35.7. The van der Waals surface area contributed by atoms with Crippen LogP contribution in [0.25, 0.3) is 0 Å². The first-order valence-electron chi connectivity index (χ1n) is 20.0. The molecule has 0 spiro atoms. The van der Waals surface area contributed by atoms with Gasteiger partial charge in [-0.3, -0.25) is 0 Å². The molecule has 6 aromatic rings. The number of rotatable bonds is 4. The molecule has 0 atom stereocenters. The maximum atomic E-state index is 9.34. The normalized spacial score (nSPS) is 18.1. The summed E-state index contributed by atoms with van der Waals surface area (Å²) in [6.07, 6.45) is 0. The maximum absolute atomic E-state index is 9.34. The molecule has 0 saturated carbocycles. The van der Waals surface area contributed by atoms with E-state index in [9.17, 15) is 8.22 Å². The molecule has 0 fully saturated rings. The van der Waals surface area contributed by atoms with E-state index in [1.807, 2.05) is 24.3 Å². The van der Waals surface area contributed by atoms with Crippen LogP contribution >= 0.6 is 0 Å². The zero-order valence-corrected chi connectivity index (χ0v) is 21.7. The Balaban J connectivity index is 1.67. The van der Waals surface area contributed by atoms with Gasteiger partial charge in [-0.2, -0.15) is 0 Å². The lowest BCUT2D eigenvalue weighted by Crippen LogP contribution is -2.75. The Hall–Kier alpha value is -4.80. The summed E-state index contributed by atoms with van der Waals surface area (Å²) in [4.78, 5) is 0. The van der Waals surface area contributed by atoms with Gasteiger partial charge in [0, 0.05) is 5.46 Å². The van der Waals surface area contributed by atoms with Crippen molar-refractivity contribution in [2.24, 2.45) is 0 Å². The molecule has 2 aliphatic rings. The Bertz CT molecular complexity index is 2380. The fourth-order valence-electron chi connectivity index (χ4n) is 5.73. The van der Waals surface area contributed by atoms with E-state index >= 15 is 0 Å². The molecule has 0 aliphatic carbocycles. The van der Waals surface area contributed by atoms with Crippen molar-refractivity contribution in [3.05, 3.63) is 151 Å². The van der Waals surface area contributed by atoms with Crippen molar-refractivity contribution in [3.63, 3.8) is 0 Å². The number of hydrogen-bond donors (Lipinski definition) is 0. The minimum atomic E-state index is -5.37. The summed E-state index contributed by atoms with van der Waals surface area (Å²) in [5.41, 5.74) is 2.13. The van der Waals surface area contributed by atoms with Gasteiger partial charge in [0.15, 0.2) is 8.07 Å². The average molecular weight is 544 g/mol. The summed E-state index contributed by atoms with van der Waals surface area (Å²) in [6.45, 7) is -0.452. The third kappa shape index (κ3) is 3.36. The first-order chi connectivity index (χ1) is 26.0. The van der Waals surface area contributed by atoms with Crippen LogP contribution < -0.4 is 46.6 Å². The van der Waals surface area contributed by atoms with Crippen molar-refractivity contribution in [2.75, 3.05) is 0 Å². The number of para-hydroxylation sites is 2. The summed E-state index contributed by atoms with van der Waals surface area (Å²) in [5.74, 6) is 1.19. The van der Waals surface area contributed by atoms with Gasteiger partial charge in [-0.25, -0.2) is 0 Å². The molecule has 0 N–H and O–H groups in total. The van der Waals surface area contributed by atoms with Crippen molar-refractivity contribution < 1.29 is 30.0 Å². The van der Waals surface area contributed by atoms with Crippen LogP contribution in [0.3, 0.4) is 0 Å². The molecule has 0 aromatic heterocycles. The predicted molar refractivity (Wildman–Crippen MR) is 168 cm³/mol. The highest BCUT2D eigenvalue weighted by atomic mass is 28.3. The van der Waals surface area contributed by atoms with E-state index in [0.29, 0.717) is 17.0 Å². The SMILES string of the molecule is [2H]c1c([2H])c([2H])c([Si](c2cc3c4c(c2)Oc2ccccc2B4c2ccccc2O3)(c2c([2H])c([2H])c([2H])c([2H])c2[2H])c2c([2H])c([2H])c([2H])c([2H])c2[2H])c([2H])c1[2H]. The smallest absolute Gasteiger partial charge is 0.260 e. The quantitative estimate of drug-likeness (QED) is 0.249. The molecule has 0 saturated heterocycles. The summed E-state index contributed by atoms with van der Waals surface area (Å²) in [7, 11) is -5.37. The molecule has 2 aliphatic heterocycles. The van der Waals surface area contributed by atoms with Gasteiger partial charge in [0.25, 0.3) is 6.71 Å². The second kappa shape index (κ2) is 9.15. The summed E-state index contributed by atoms with van der Waals surface area (Å²) in [5, 5.41) is -1.86. The lowest BCUT2D eigenvalue weighted by atomic mass is 9.35. The number of ether oxygens (including phenoxy) is 2. The molecule has 2 nitrogen and oxygen atoms in total. The molecule has 188 valence electrons. The topological polar surface area (TPSA) is 18.5 Å². The van der Waals surface area contributed by atoms with Crippen molar-refractivity contribution in [2.45, 2.75) is 0 Å². The molecule has 8 rings (SSSR count). The van der Waals surface area contributed by atoms with Crippen molar-refractivity contribution in [3.8, 4) is 23.0 Å². The van der Waals surface area contributed by atoms with Crippen molar-refractivity contribution >= 4 is 51.9 Å². The zero-order chi connectivity index (χ0) is 39.6. The molecule has 2 heterocycles. The van der Waals surface area contributed by atoms with E-state index in [-0.39, 0.29) is 16.7 Å². The molecule has 0 radical (unpaired) electrons. The van der Waals surface area contributed by atoms with E-state index in [4.69, 9.17) is 21.8 Å². The molecule has 4 heteroatoms. The van der Waals surface area contributed by atoms with Crippen LogP contribution in [0.5, 0.6) is 23.0 Å². The lowest BCUT2D eigenvalue weighted by Gasteiger charge is -2.38. The first-order valence-corrected chi connectivity index (χ1v) is 14.5. The predicted octanol–water partition coefficient (Wildman–Crippen LogP) is 3.79. The second-order valence-electron chi connectivity index (χ2n) is 9.35. The largest absolute Gasteiger partial charge is 0.458 e. The van der Waals surface area contributed by atoms with Gasteiger partial charge in [-0.15, -0.1) is 0 Å². The van der Waals surface area contributed by atoms with Gasteiger partial charge in [-0.05, 0) is 55.9 Å². The van der Waals surface area contributed by atoms with Crippen LogP contribution in [-0.4, -0.2) is 14.8 Å². The van der Waals surface area contributed by atoms with Gasteiger partial charge < -0.3 is 9.47 Å². The third-order valence-electron chi connectivity index (χ3n) is 7.35. The average Bonchev–Trinajstić information content (AvgIpc) is 3.18. The molecule has 0 amide bonds. The van der Waals surface area contributed by atoms with E-state index in [2.05, 4.69) is 0 Å². The number of hydrogen-bond acceptors (Lipinski definition) is 2. The lowest BCUT2D eigenvalue weighted by molar-refractivity contribution is 0.465. The molecule has 40 heavy (non-hydrogen) atoms. The highest BCUT2D eigenvalue weighted by Gasteiger charge is 2.45. The van der Waals surface area contributed by atoms with Gasteiger partial charge in [0.2, 0.25) is 0 Å². The minimum Gasteiger partial charge on any atom is -0.458 e. The Morgan fingerprint density at radius 1 is 0.475 bits per heavy atom. The Morgan fingerprint density at radius 3 is 1.30 bits per heavy atom. The minimum absolute atomic E-state index is 0.0886. The third-order valence-corrected chi connectivity index (χ3v) is 11.5. The molecular formula is C36H25BO2Si. The van der Waals surface area contributed by atoms with Crippen LogP contribution in [0, 0.1) is 0 Å². The monoisotopic (exact) mass is 543 g/mol. The highest BCUT2D eigenvalue weighted by molar-refractivity contribution is 7.20. The second-order valence-corrected chi connectivity index (χ2v) is 12.9. The van der Waals surface area contributed by atoms with Gasteiger partial charge >= 0.3 is 0 Å². The van der Waals surface area contributed by atoms with Crippen molar-refractivity contribution in [1.82, 2.24) is 0 Å². The fourth-order valence-corrected chi connectivity index (χ4v) is 9.54. The number of fused-ring (bicyclic) bond motifs is 4. The van der Waals surface area contributed by atoms with Gasteiger partial charge in [0.1, 0.15) is 23.0 Å². The Kier molecular flexibility index (Phi) is 2.88. The standard InChI is InChI=1S/C36H25BO2Si/c1-4-14-26(15-5-1)40(27-16-6-2-7-17-27,28-18-8-3-9-19-28)29-24-34-36-35(25-29)39-33-23-13-11-21-31(33)37(36)30-20-10-12-22-32(30)38-34/h1-25H/i1D,2D,3D,4D,5D,6D,7D,8D,9D,14D,15D,16D,17D,18D,19D. The van der Waals surface area contributed by atoms with Crippen LogP contribution in [0.2, 0.25) is 0 Å². The first kappa shape index (κ1) is 12.6.